The van der Waals surface area contributed by atoms with E-state index in [4.69, 9.17) is 5.11 Å². The van der Waals surface area contributed by atoms with Gasteiger partial charge in [-0.1, -0.05) is 13.3 Å². The van der Waals surface area contributed by atoms with Crippen molar-refractivity contribution in [3.05, 3.63) is 0 Å². The lowest BCUT2D eigenvalue weighted by Crippen LogP contribution is -2.47. The number of aliphatic hydroxyl groups is 1. The van der Waals surface area contributed by atoms with Crippen molar-refractivity contribution in [1.82, 2.24) is 15.1 Å². The van der Waals surface area contributed by atoms with Crippen LogP contribution in [0.1, 0.15) is 45.4 Å². The molecule has 2 fully saturated rings. The van der Waals surface area contributed by atoms with Crippen molar-refractivity contribution in [2.45, 2.75) is 57.5 Å². The highest BCUT2D eigenvalue weighted by atomic mass is 16.3. The number of rotatable bonds is 7. The quantitative estimate of drug-likeness (QED) is 0.743. The minimum absolute atomic E-state index is 0.00777. The molecule has 0 bridgehead atoms. The van der Waals surface area contributed by atoms with Crippen LogP contribution in [0, 0.1) is 0 Å². The molecule has 1 aliphatic heterocycles. The predicted molar refractivity (Wildman–Crippen MR) is 79.7 cm³/mol. The van der Waals surface area contributed by atoms with Crippen LogP contribution in [0.4, 0.5) is 4.79 Å². The van der Waals surface area contributed by atoms with Crippen LogP contribution >= 0.6 is 0 Å². The van der Waals surface area contributed by atoms with Crippen LogP contribution in [0.2, 0.25) is 0 Å². The molecule has 5 nitrogen and oxygen atoms in total. The Morgan fingerprint density at radius 1 is 1.35 bits per heavy atom. The maximum atomic E-state index is 12.1. The third kappa shape index (κ3) is 4.35. The molecule has 2 amide bonds. The topological polar surface area (TPSA) is 55.8 Å². The first-order valence-corrected chi connectivity index (χ1v) is 8.15. The van der Waals surface area contributed by atoms with Gasteiger partial charge in [0.1, 0.15) is 0 Å². The van der Waals surface area contributed by atoms with E-state index in [1.165, 1.54) is 25.7 Å². The Balaban J connectivity index is 1.69. The van der Waals surface area contributed by atoms with E-state index in [1.54, 1.807) is 4.90 Å². The fourth-order valence-corrected chi connectivity index (χ4v) is 3.17. The fourth-order valence-electron chi connectivity index (χ4n) is 3.17. The zero-order chi connectivity index (χ0) is 14.4. The van der Waals surface area contributed by atoms with Gasteiger partial charge in [-0.15, -0.1) is 0 Å². The molecule has 0 spiro atoms. The van der Waals surface area contributed by atoms with Crippen LogP contribution in [0.5, 0.6) is 0 Å². The Hall–Kier alpha value is -0.810. The van der Waals surface area contributed by atoms with Gasteiger partial charge in [-0.2, -0.15) is 0 Å². The number of carbonyl (C=O) groups excluding carboxylic acids is 1. The van der Waals surface area contributed by atoms with Gasteiger partial charge >= 0.3 is 6.03 Å². The van der Waals surface area contributed by atoms with Crippen molar-refractivity contribution >= 4 is 6.03 Å². The highest BCUT2D eigenvalue weighted by Crippen LogP contribution is 2.26. The summed E-state index contributed by atoms with van der Waals surface area (Å²) in [6.45, 7) is 5.58. The average molecular weight is 283 g/mol. The van der Waals surface area contributed by atoms with Gasteiger partial charge in [0.15, 0.2) is 0 Å². The summed E-state index contributed by atoms with van der Waals surface area (Å²) in [7, 11) is 0. The summed E-state index contributed by atoms with van der Waals surface area (Å²) in [4.78, 5) is 16.4. The second kappa shape index (κ2) is 7.84. The minimum Gasteiger partial charge on any atom is -0.395 e. The summed E-state index contributed by atoms with van der Waals surface area (Å²) in [5.41, 5.74) is 0. The molecule has 1 unspecified atom stereocenters. The molecule has 20 heavy (non-hydrogen) atoms. The van der Waals surface area contributed by atoms with Crippen LogP contribution < -0.4 is 5.32 Å². The number of hydrogen-bond donors (Lipinski definition) is 2. The fraction of sp³-hybridized carbons (Fsp3) is 0.933. The van der Waals surface area contributed by atoms with E-state index in [1.807, 2.05) is 0 Å². The number of hydrogen-bond acceptors (Lipinski definition) is 3. The van der Waals surface area contributed by atoms with Gasteiger partial charge in [-0.05, 0) is 38.6 Å². The number of nitrogens with one attached hydrogen (secondary N) is 1. The van der Waals surface area contributed by atoms with Crippen molar-refractivity contribution in [3.63, 3.8) is 0 Å². The van der Waals surface area contributed by atoms with Crippen LogP contribution in [0.15, 0.2) is 0 Å². The SMILES string of the molecule is CCC1CCCCN1CCNC(=O)N(CCO)C1CC1. The number of amides is 2. The van der Waals surface area contributed by atoms with Crippen molar-refractivity contribution < 1.29 is 9.90 Å². The molecule has 1 aliphatic carbocycles. The van der Waals surface area contributed by atoms with Crippen molar-refractivity contribution in [2.24, 2.45) is 0 Å². The zero-order valence-corrected chi connectivity index (χ0v) is 12.7. The maximum Gasteiger partial charge on any atom is 0.317 e. The molecular weight excluding hydrogens is 254 g/mol. The number of piperidine rings is 1. The molecule has 0 radical (unpaired) electrons. The predicted octanol–water partition coefficient (Wildman–Crippen LogP) is 1.42. The van der Waals surface area contributed by atoms with E-state index in [9.17, 15) is 4.79 Å². The maximum absolute atomic E-state index is 12.1. The molecule has 2 rings (SSSR count). The number of urea groups is 1. The lowest BCUT2D eigenvalue weighted by molar-refractivity contribution is 0.141. The number of nitrogens with zero attached hydrogens (tertiary/aromatic N) is 2. The van der Waals surface area contributed by atoms with Gasteiger partial charge in [0.25, 0.3) is 0 Å². The molecule has 1 heterocycles. The molecule has 1 saturated heterocycles. The third-order valence-corrected chi connectivity index (χ3v) is 4.48. The first-order valence-electron chi connectivity index (χ1n) is 8.15. The molecule has 5 heteroatoms. The molecule has 2 aliphatic rings. The Morgan fingerprint density at radius 3 is 2.80 bits per heavy atom. The lowest BCUT2D eigenvalue weighted by atomic mass is 10.0. The highest BCUT2D eigenvalue weighted by molar-refractivity contribution is 5.74. The monoisotopic (exact) mass is 283 g/mol. The number of carbonyl (C=O) groups is 1. The molecule has 0 aromatic heterocycles. The second-order valence-electron chi connectivity index (χ2n) is 5.97. The Morgan fingerprint density at radius 2 is 2.15 bits per heavy atom. The summed E-state index contributed by atoms with van der Waals surface area (Å²) >= 11 is 0. The molecular formula is C15H29N3O2. The molecule has 116 valence electrons. The Bertz CT molecular complexity index is 307. The van der Waals surface area contributed by atoms with E-state index in [2.05, 4.69) is 17.1 Å². The van der Waals surface area contributed by atoms with Gasteiger partial charge < -0.3 is 15.3 Å². The summed E-state index contributed by atoms with van der Waals surface area (Å²) in [5.74, 6) is 0. The van der Waals surface area contributed by atoms with Crippen LogP contribution in [-0.4, -0.2) is 65.8 Å². The van der Waals surface area contributed by atoms with Crippen molar-refractivity contribution in [1.29, 1.82) is 0 Å². The van der Waals surface area contributed by atoms with Gasteiger partial charge in [0.2, 0.25) is 0 Å². The Kier molecular flexibility index (Phi) is 6.10. The Labute approximate surface area is 122 Å². The summed E-state index contributed by atoms with van der Waals surface area (Å²) < 4.78 is 0. The first-order chi connectivity index (χ1) is 9.76. The van der Waals surface area contributed by atoms with Crippen LogP contribution in [-0.2, 0) is 0 Å². The normalized spacial score (nSPS) is 23.6. The highest BCUT2D eigenvalue weighted by Gasteiger charge is 2.32. The van der Waals surface area contributed by atoms with Gasteiger partial charge in [0.05, 0.1) is 6.61 Å². The van der Waals surface area contributed by atoms with Crippen LogP contribution in [0.25, 0.3) is 0 Å². The van der Waals surface area contributed by atoms with Gasteiger partial charge in [-0.25, -0.2) is 4.79 Å². The van der Waals surface area contributed by atoms with Crippen molar-refractivity contribution in [3.8, 4) is 0 Å². The summed E-state index contributed by atoms with van der Waals surface area (Å²) in [6.07, 6.45) is 7.28. The minimum atomic E-state index is -0.00777. The summed E-state index contributed by atoms with van der Waals surface area (Å²) in [6, 6.07) is 1.05. The third-order valence-electron chi connectivity index (χ3n) is 4.48. The first kappa shape index (κ1) is 15.6. The van der Waals surface area contributed by atoms with Crippen molar-refractivity contribution in [2.75, 3.05) is 32.8 Å². The van der Waals surface area contributed by atoms with E-state index < -0.39 is 0 Å². The molecule has 0 aromatic rings. The molecule has 1 atom stereocenters. The lowest BCUT2D eigenvalue weighted by Gasteiger charge is -2.35. The zero-order valence-electron chi connectivity index (χ0n) is 12.7. The molecule has 0 aromatic carbocycles. The second-order valence-corrected chi connectivity index (χ2v) is 5.97. The largest absolute Gasteiger partial charge is 0.395 e. The number of likely N-dealkylation sites (tertiary alicyclic amines) is 1. The summed E-state index contributed by atoms with van der Waals surface area (Å²) in [5, 5.41) is 12.0. The molecule has 2 N–H and O–H groups in total. The van der Waals surface area contributed by atoms with E-state index in [-0.39, 0.29) is 12.6 Å². The van der Waals surface area contributed by atoms with Gasteiger partial charge in [0, 0.05) is 31.7 Å². The van der Waals surface area contributed by atoms with E-state index >= 15 is 0 Å². The standard InChI is InChI=1S/C15H29N3O2/c1-2-13-5-3-4-9-17(13)10-8-16-15(20)18(11-12-19)14-6-7-14/h13-14,19H,2-12H2,1H3,(H,16,20). The molecule has 1 saturated carbocycles. The van der Waals surface area contributed by atoms with Gasteiger partial charge in [-0.3, -0.25) is 4.90 Å². The number of aliphatic hydroxyl groups excluding tert-OH is 1. The van der Waals surface area contributed by atoms with E-state index in [0.717, 1.165) is 25.9 Å². The van der Waals surface area contributed by atoms with Crippen LogP contribution in [0.3, 0.4) is 0 Å². The average Bonchev–Trinajstić information content (AvgIpc) is 3.29. The van der Waals surface area contributed by atoms with E-state index in [0.29, 0.717) is 25.2 Å². The smallest absolute Gasteiger partial charge is 0.317 e.